The summed E-state index contributed by atoms with van der Waals surface area (Å²) in [7, 11) is 1.54. The average Bonchev–Trinajstić information content (AvgIpc) is 3.16. The molecule has 0 bridgehead atoms. The Labute approximate surface area is 155 Å². The lowest BCUT2D eigenvalue weighted by Gasteiger charge is -2.12. The monoisotopic (exact) mass is 392 g/mol. The first-order chi connectivity index (χ1) is 12.4. The van der Waals surface area contributed by atoms with Crippen molar-refractivity contribution in [2.45, 2.75) is 6.04 Å². The number of rotatable bonds is 3. The molecule has 0 spiro atoms. The highest BCUT2D eigenvalue weighted by Crippen LogP contribution is 2.30. The molecular weight excluding hydrogens is 383 g/mol. The second-order valence-electron chi connectivity index (χ2n) is 5.58. The molecular formula is C15H10Cl2N6O3. The Morgan fingerprint density at radius 1 is 1.23 bits per heavy atom. The van der Waals surface area contributed by atoms with E-state index in [2.05, 4.69) is 15.0 Å². The molecule has 0 aliphatic rings. The minimum atomic E-state index is -1.19. The summed E-state index contributed by atoms with van der Waals surface area (Å²) in [6, 6.07) is 1.80. The summed E-state index contributed by atoms with van der Waals surface area (Å²) < 4.78 is 8.20. The van der Waals surface area contributed by atoms with Gasteiger partial charge < -0.3 is 19.3 Å². The molecule has 0 saturated carbocycles. The van der Waals surface area contributed by atoms with Crippen molar-refractivity contribution in [2.75, 3.05) is 0 Å². The van der Waals surface area contributed by atoms with Crippen molar-refractivity contribution in [3.63, 3.8) is 0 Å². The predicted molar refractivity (Wildman–Crippen MR) is 94.1 cm³/mol. The zero-order valence-corrected chi connectivity index (χ0v) is 14.7. The van der Waals surface area contributed by atoms with Crippen LogP contribution in [0.15, 0.2) is 34.0 Å². The number of primary amides is 1. The van der Waals surface area contributed by atoms with Crippen LogP contribution in [0.3, 0.4) is 0 Å². The lowest BCUT2D eigenvalue weighted by Crippen LogP contribution is -2.30. The number of carbonyl (C=O) groups excluding carboxylic acids is 1. The van der Waals surface area contributed by atoms with Gasteiger partial charge in [-0.15, -0.1) is 0 Å². The molecule has 3 aromatic heterocycles. The molecule has 3 heterocycles. The van der Waals surface area contributed by atoms with Crippen molar-refractivity contribution in [1.29, 1.82) is 0 Å². The average molecular weight is 393 g/mol. The van der Waals surface area contributed by atoms with Gasteiger partial charge in [-0.2, -0.15) is 0 Å². The lowest BCUT2D eigenvalue weighted by molar-refractivity contribution is -0.120. The highest BCUT2D eigenvalue weighted by molar-refractivity contribution is 6.42. The molecule has 1 amide bonds. The van der Waals surface area contributed by atoms with Crippen molar-refractivity contribution in [3.8, 4) is 0 Å². The third kappa shape index (κ3) is 2.44. The molecule has 132 valence electrons. The van der Waals surface area contributed by atoms with E-state index in [9.17, 15) is 9.59 Å². The maximum absolute atomic E-state index is 12.5. The van der Waals surface area contributed by atoms with Gasteiger partial charge in [0.25, 0.3) is 5.56 Å². The van der Waals surface area contributed by atoms with E-state index in [0.717, 1.165) is 0 Å². The number of nitrogens with two attached hydrogens (primary N) is 1. The summed E-state index contributed by atoms with van der Waals surface area (Å²) in [6.45, 7) is 0. The molecule has 11 heteroatoms. The summed E-state index contributed by atoms with van der Waals surface area (Å²) >= 11 is 12.0. The van der Waals surface area contributed by atoms with Gasteiger partial charge in [-0.05, 0) is 6.07 Å². The fourth-order valence-corrected chi connectivity index (χ4v) is 2.96. The molecule has 26 heavy (non-hydrogen) atoms. The van der Waals surface area contributed by atoms with Crippen LogP contribution in [-0.4, -0.2) is 30.0 Å². The second-order valence-corrected chi connectivity index (χ2v) is 6.39. The first kappa shape index (κ1) is 16.6. The van der Waals surface area contributed by atoms with Gasteiger partial charge in [0.15, 0.2) is 22.8 Å². The van der Waals surface area contributed by atoms with Crippen LogP contribution in [0.1, 0.15) is 11.9 Å². The van der Waals surface area contributed by atoms with Crippen LogP contribution in [0, 0.1) is 0 Å². The Bertz CT molecular complexity index is 1200. The topological polar surface area (TPSA) is 122 Å². The van der Waals surface area contributed by atoms with E-state index in [1.165, 1.54) is 41.0 Å². The maximum Gasteiger partial charge on any atom is 0.279 e. The zero-order chi connectivity index (χ0) is 18.6. The fourth-order valence-electron chi connectivity index (χ4n) is 2.64. The summed E-state index contributed by atoms with van der Waals surface area (Å²) in [5.74, 6) is -0.796. The summed E-state index contributed by atoms with van der Waals surface area (Å²) in [5, 5.41) is 0.574. The van der Waals surface area contributed by atoms with Crippen molar-refractivity contribution >= 4 is 51.4 Å². The lowest BCUT2D eigenvalue weighted by atomic mass is 10.2. The smallest absolute Gasteiger partial charge is 0.279 e. The van der Waals surface area contributed by atoms with Gasteiger partial charge in [0, 0.05) is 13.1 Å². The van der Waals surface area contributed by atoms with E-state index in [4.69, 9.17) is 33.4 Å². The van der Waals surface area contributed by atoms with Gasteiger partial charge in [-0.1, -0.05) is 23.2 Å². The summed E-state index contributed by atoms with van der Waals surface area (Å²) in [4.78, 5) is 37.0. The molecule has 0 radical (unpaired) electrons. The minimum Gasteiger partial charge on any atom is -0.438 e. The number of hydrogen-bond acceptors (Lipinski definition) is 6. The van der Waals surface area contributed by atoms with Crippen molar-refractivity contribution in [1.82, 2.24) is 24.1 Å². The molecule has 1 unspecified atom stereocenters. The molecule has 0 saturated heterocycles. The van der Waals surface area contributed by atoms with Gasteiger partial charge in [0.1, 0.15) is 5.52 Å². The van der Waals surface area contributed by atoms with Gasteiger partial charge in [-0.3, -0.25) is 9.59 Å². The quantitative estimate of drug-likeness (QED) is 0.565. The standard InChI is InChI=1S/C15H10Cl2N6O3/c1-22-4-19-13-11(15(22)25)23(5-20-13)10(12(18)24)14-21-8-2-6(16)7(17)3-9(8)26-14/h2-5,10H,1H3,(H2,18,24). The highest BCUT2D eigenvalue weighted by Gasteiger charge is 2.29. The summed E-state index contributed by atoms with van der Waals surface area (Å²) in [6.07, 6.45) is 2.63. The number of fused-ring (bicyclic) bond motifs is 2. The number of halogens is 2. The zero-order valence-electron chi connectivity index (χ0n) is 13.2. The molecule has 1 aromatic carbocycles. The first-order valence-corrected chi connectivity index (χ1v) is 8.05. The Kier molecular flexibility index (Phi) is 3.70. The molecule has 2 N–H and O–H groups in total. The first-order valence-electron chi connectivity index (χ1n) is 7.30. The van der Waals surface area contributed by atoms with Gasteiger partial charge in [0.2, 0.25) is 11.8 Å². The third-order valence-electron chi connectivity index (χ3n) is 3.88. The number of aromatic nitrogens is 5. The number of aryl methyl sites for hydroxylation is 1. The number of carbonyl (C=O) groups is 1. The largest absolute Gasteiger partial charge is 0.438 e. The normalized spacial score (nSPS) is 12.7. The van der Waals surface area contributed by atoms with E-state index in [0.29, 0.717) is 16.1 Å². The van der Waals surface area contributed by atoms with E-state index in [-0.39, 0.29) is 27.6 Å². The number of nitrogens with zero attached hydrogens (tertiary/aromatic N) is 5. The Morgan fingerprint density at radius 3 is 2.65 bits per heavy atom. The molecule has 4 aromatic rings. The van der Waals surface area contributed by atoms with Gasteiger partial charge in [0.05, 0.1) is 22.7 Å². The van der Waals surface area contributed by atoms with E-state index < -0.39 is 11.9 Å². The number of imidazole rings is 1. The molecule has 4 rings (SSSR count). The molecule has 0 fully saturated rings. The van der Waals surface area contributed by atoms with Crippen LogP contribution in [0.4, 0.5) is 0 Å². The SMILES string of the molecule is Cn1cnc2ncn(C(C(N)=O)c3nc4cc(Cl)c(Cl)cc4o3)c2c1=O. The van der Waals surface area contributed by atoms with Gasteiger partial charge >= 0.3 is 0 Å². The van der Waals surface area contributed by atoms with Crippen LogP contribution in [0.25, 0.3) is 22.3 Å². The number of hydrogen-bond donors (Lipinski definition) is 1. The number of amides is 1. The minimum absolute atomic E-state index is 0.0176. The Hall–Kier alpha value is -2.91. The summed E-state index contributed by atoms with van der Waals surface area (Å²) in [5.41, 5.74) is 6.18. The van der Waals surface area contributed by atoms with Crippen LogP contribution < -0.4 is 11.3 Å². The Morgan fingerprint density at radius 2 is 1.92 bits per heavy atom. The number of oxazole rings is 1. The van der Waals surface area contributed by atoms with Gasteiger partial charge in [-0.25, -0.2) is 15.0 Å². The van der Waals surface area contributed by atoms with Crippen molar-refractivity contribution in [2.24, 2.45) is 12.8 Å². The molecule has 9 nitrogen and oxygen atoms in total. The number of benzene rings is 1. The van der Waals surface area contributed by atoms with E-state index in [1.54, 1.807) is 0 Å². The van der Waals surface area contributed by atoms with E-state index in [1.807, 2.05) is 0 Å². The van der Waals surface area contributed by atoms with Crippen LogP contribution in [0.2, 0.25) is 10.0 Å². The third-order valence-corrected chi connectivity index (χ3v) is 4.60. The van der Waals surface area contributed by atoms with Crippen molar-refractivity contribution < 1.29 is 9.21 Å². The van der Waals surface area contributed by atoms with E-state index >= 15 is 0 Å². The predicted octanol–water partition coefficient (Wildman–Crippen LogP) is 1.65. The van der Waals surface area contributed by atoms with Crippen LogP contribution >= 0.6 is 23.2 Å². The highest BCUT2D eigenvalue weighted by atomic mass is 35.5. The second kappa shape index (κ2) is 5.82. The molecule has 1 atom stereocenters. The Balaban J connectivity index is 1.97. The molecule has 0 aliphatic heterocycles. The maximum atomic E-state index is 12.5. The van der Waals surface area contributed by atoms with Crippen LogP contribution in [0.5, 0.6) is 0 Å². The van der Waals surface area contributed by atoms with Crippen molar-refractivity contribution in [3.05, 3.63) is 51.1 Å². The van der Waals surface area contributed by atoms with Crippen LogP contribution in [-0.2, 0) is 11.8 Å². The fraction of sp³-hybridized carbons (Fsp3) is 0.133. The molecule has 0 aliphatic carbocycles.